The van der Waals surface area contributed by atoms with Crippen molar-refractivity contribution in [2.24, 2.45) is 5.73 Å². The number of carboxylic acids is 1. The monoisotopic (exact) mass is 249 g/mol. The maximum Gasteiger partial charge on any atom is 0.322 e. The Balaban J connectivity index is 2.22. The highest BCUT2D eigenvalue weighted by Gasteiger charge is 2.15. The molecule has 0 radical (unpaired) electrons. The summed E-state index contributed by atoms with van der Waals surface area (Å²) < 4.78 is 5.43. The van der Waals surface area contributed by atoms with E-state index in [9.17, 15) is 4.79 Å². The van der Waals surface area contributed by atoms with E-state index in [4.69, 9.17) is 15.3 Å². The zero-order chi connectivity index (χ0) is 13.3. The Morgan fingerprint density at radius 3 is 3.00 bits per heavy atom. The fraction of sp³-hybridized carbons (Fsp3) is 0.333. The molecule has 0 aliphatic rings. The number of fused-ring (bicyclic) bond motifs is 1. The molecule has 1 unspecified atom stereocenters. The smallest absolute Gasteiger partial charge is 0.322 e. The summed E-state index contributed by atoms with van der Waals surface area (Å²) in [5.41, 5.74) is 7.80. The molecule has 96 valence electrons. The van der Waals surface area contributed by atoms with Crippen molar-refractivity contribution in [2.45, 2.75) is 13.0 Å². The van der Waals surface area contributed by atoms with Crippen LogP contribution in [0.3, 0.4) is 0 Å². The van der Waals surface area contributed by atoms with Crippen LogP contribution in [-0.4, -0.2) is 35.7 Å². The molecule has 0 aliphatic heterocycles. The third-order valence-corrected chi connectivity index (χ3v) is 2.71. The van der Waals surface area contributed by atoms with Gasteiger partial charge in [-0.05, 0) is 12.1 Å². The van der Waals surface area contributed by atoms with Crippen molar-refractivity contribution in [2.75, 3.05) is 18.5 Å². The summed E-state index contributed by atoms with van der Waals surface area (Å²) in [7, 11) is 1.78. The molecule has 0 aliphatic carbocycles. The van der Waals surface area contributed by atoms with Crippen LogP contribution in [0.1, 0.15) is 5.89 Å². The summed E-state index contributed by atoms with van der Waals surface area (Å²) in [5, 5.41) is 8.77. The van der Waals surface area contributed by atoms with E-state index < -0.39 is 12.0 Å². The number of anilines is 1. The number of hydrogen-bond donors (Lipinski definition) is 2. The van der Waals surface area contributed by atoms with Crippen LogP contribution >= 0.6 is 0 Å². The van der Waals surface area contributed by atoms with Crippen LogP contribution in [0.5, 0.6) is 0 Å². The van der Waals surface area contributed by atoms with Gasteiger partial charge in [-0.3, -0.25) is 4.79 Å². The van der Waals surface area contributed by atoms with E-state index in [1.54, 1.807) is 18.9 Å². The summed E-state index contributed by atoms with van der Waals surface area (Å²) in [6.45, 7) is 2.01. The predicted octanol–water partition coefficient (Wildman–Crippen LogP) is 0.984. The second-order valence-electron chi connectivity index (χ2n) is 4.21. The van der Waals surface area contributed by atoms with Crippen LogP contribution in [0.25, 0.3) is 11.1 Å². The van der Waals surface area contributed by atoms with E-state index in [0.717, 1.165) is 11.2 Å². The molecule has 2 aromatic rings. The van der Waals surface area contributed by atoms with E-state index in [1.165, 1.54) is 0 Å². The van der Waals surface area contributed by atoms with Crippen molar-refractivity contribution in [1.82, 2.24) is 4.98 Å². The van der Waals surface area contributed by atoms with E-state index >= 15 is 0 Å². The molecule has 0 fully saturated rings. The molecule has 3 N–H and O–H groups in total. The molecule has 0 saturated carbocycles. The number of aryl methyl sites for hydroxylation is 1. The van der Waals surface area contributed by atoms with E-state index in [0.29, 0.717) is 11.5 Å². The van der Waals surface area contributed by atoms with Gasteiger partial charge in [0.1, 0.15) is 11.6 Å². The summed E-state index contributed by atoms with van der Waals surface area (Å²) in [6, 6.07) is 4.61. The number of likely N-dealkylation sites (N-methyl/N-ethyl adjacent to an activating group) is 1. The Bertz CT molecular complexity index is 579. The van der Waals surface area contributed by atoms with Crippen LogP contribution < -0.4 is 10.6 Å². The van der Waals surface area contributed by atoms with E-state index in [-0.39, 0.29) is 6.54 Å². The molecule has 1 aromatic heterocycles. The Labute approximate surface area is 104 Å². The van der Waals surface area contributed by atoms with Gasteiger partial charge in [-0.1, -0.05) is 0 Å². The van der Waals surface area contributed by atoms with Crippen LogP contribution in [0.15, 0.2) is 22.6 Å². The van der Waals surface area contributed by atoms with Gasteiger partial charge < -0.3 is 20.2 Å². The fourth-order valence-electron chi connectivity index (χ4n) is 1.74. The Kier molecular flexibility index (Phi) is 3.20. The maximum absolute atomic E-state index is 10.7. The molecular formula is C12H15N3O3. The summed E-state index contributed by atoms with van der Waals surface area (Å²) in [5.74, 6) is -0.412. The zero-order valence-electron chi connectivity index (χ0n) is 10.3. The molecule has 18 heavy (non-hydrogen) atoms. The first kappa shape index (κ1) is 12.4. The molecular weight excluding hydrogens is 234 g/mol. The van der Waals surface area contributed by atoms with Crippen molar-refractivity contribution in [3.05, 3.63) is 24.1 Å². The van der Waals surface area contributed by atoms with Crippen LogP contribution in [-0.2, 0) is 4.79 Å². The average molecular weight is 249 g/mol. The molecule has 1 heterocycles. The summed E-state index contributed by atoms with van der Waals surface area (Å²) in [4.78, 5) is 16.7. The molecule has 2 rings (SSSR count). The average Bonchev–Trinajstić information content (AvgIpc) is 2.67. The first-order valence-corrected chi connectivity index (χ1v) is 5.54. The van der Waals surface area contributed by atoms with E-state index in [2.05, 4.69) is 4.98 Å². The summed E-state index contributed by atoms with van der Waals surface area (Å²) in [6.07, 6.45) is 0. The largest absolute Gasteiger partial charge is 0.480 e. The molecule has 0 saturated heterocycles. The minimum absolute atomic E-state index is 0.230. The maximum atomic E-state index is 10.7. The topological polar surface area (TPSA) is 92.6 Å². The van der Waals surface area contributed by atoms with Gasteiger partial charge in [-0.15, -0.1) is 0 Å². The molecule has 1 aromatic carbocycles. The zero-order valence-corrected chi connectivity index (χ0v) is 10.3. The highest BCUT2D eigenvalue weighted by molar-refractivity contribution is 5.78. The number of benzene rings is 1. The van der Waals surface area contributed by atoms with Crippen LogP contribution in [0, 0.1) is 6.92 Å². The van der Waals surface area contributed by atoms with E-state index in [1.807, 2.05) is 18.2 Å². The number of aromatic nitrogens is 1. The lowest BCUT2D eigenvalue weighted by Crippen LogP contribution is -2.41. The molecule has 1 atom stereocenters. The molecule has 0 spiro atoms. The fourth-order valence-corrected chi connectivity index (χ4v) is 1.74. The quantitative estimate of drug-likeness (QED) is 0.839. The van der Waals surface area contributed by atoms with Gasteiger partial charge in [0.05, 0.1) is 0 Å². The number of rotatable bonds is 4. The van der Waals surface area contributed by atoms with Crippen molar-refractivity contribution in [1.29, 1.82) is 0 Å². The van der Waals surface area contributed by atoms with Gasteiger partial charge in [0.15, 0.2) is 11.5 Å². The predicted molar refractivity (Wildman–Crippen MR) is 67.6 cm³/mol. The third-order valence-electron chi connectivity index (χ3n) is 2.71. The number of nitrogens with zero attached hydrogens (tertiary/aromatic N) is 2. The highest BCUT2D eigenvalue weighted by atomic mass is 16.4. The number of nitrogens with two attached hydrogens (primary N) is 1. The second kappa shape index (κ2) is 4.66. The molecule has 0 bridgehead atoms. The SMILES string of the molecule is Cc1nc2ccc(N(C)CC(N)C(=O)O)cc2o1. The minimum Gasteiger partial charge on any atom is -0.480 e. The lowest BCUT2D eigenvalue weighted by Gasteiger charge is -2.21. The number of hydrogen-bond acceptors (Lipinski definition) is 5. The first-order valence-electron chi connectivity index (χ1n) is 5.54. The van der Waals surface area contributed by atoms with Crippen LogP contribution in [0.4, 0.5) is 5.69 Å². The molecule has 6 heteroatoms. The van der Waals surface area contributed by atoms with Crippen molar-refractivity contribution in [3.63, 3.8) is 0 Å². The number of oxazole rings is 1. The molecule has 6 nitrogen and oxygen atoms in total. The Morgan fingerprint density at radius 1 is 1.61 bits per heavy atom. The minimum atomic E-state index is -1.02. The van der Waals surface area contributed by atoms with Gasteiger partial charge in [-0.2, -0.15) is 0 Å². The number of carboxylic acid groups (broad SMARTS) is 1. The Hall–Kier alpha value is -2.08. The van der Waals surface area contributed by atoms with Gasteiger partial charge in [0, 0.05) is 32.3 Å². The number of carbonyl (C=O) groups is 1. The van der Waals surface area contributed by atoms with Crippen LogP contribution in [0.2, 0.25) is 0 Å². The van der Waals surface area contributed by atoms with Crippen molar-refractivity contribution >= 4 is 22.8 Å². The molecule has 0 amide bonds. The second-order valence-corrected chi connectivity index (χ2v) is 4.21. The van der Waals surface area contributed by atoms with Crippen molar-refractivity contribution < 1.29 is 14.3 Å². The van der Waals surface area contributed by atoms with Gasteiger partial charge >= 0.3 is 5.97 Å². The van der Waals surface area contributed by atoms with Gasteiger partial charge in [0.25, 0.3) is 0 Å². The standard InChI is InChI=1S/C12H15N3O3/c1-7-14-10-4-3-8(5-11(10)18-7)15(2)6-9(13)12(16)17/h3-5,9H,6,13H2,1-2H3,(H,16,17). The Morgan fingerprint density at radius 2 is 2.33 bits per heavy atom. The first-order chi connectivity index (χ1) is 8.47. The summed E-state index contributed by atoms with van der Waals surface area (Å²) >= 11 is 0. The lowest BCUT2D eigenvalue weighted by molar-refractivity contribution is -0.138. The van der Waals surface area contributed by atoms with Gasteiger partial charge in [-0.25, -0.2) is 4.98 Å². The normalized spacial score (nSPS) is 12.6. The third kappa shape index (κ3) is 2.43. The number of aliphatic carboxylic acids is 1. The van der Waals surface area contributed by atoms with Crippen molar-refractivity contribution in [3.8, 4) is 0 Å². The highest BCUT2D eigenvalue weighted by Crippen LogP contribution is 2.22. The lowest BCUT2D eigenvalue weighted by atomic mass is 10.2. The van der Waals surface area contributed by atoms with Gasteiger partial charge in [0.2, 0.25) is 0 Å².